The number of nitrogens with one attached hydrogen (secondary N) is 1. The highest BCUT2D eigenvalue weighted by Crippen LogP contribution is 2.13. The Kier molecular flexibility index (Phi) is 3.89. The molecule has 0 aliphatic rings. The van der Waals surface area contributed by atoms with E-state index in [0.29, 0.717) is 0 Å². The fraction of sp³-hybridized carbons (Fsp3) is 0.200. The summed E-state index contributed by atoms with van der Waals surface area (Å²) in [6, 6.07) is 17.1. The van der Waals surface area contributed by atoms with Gasteiger partial charge in [-0.3, -0.25) is 0 Å². The van der Waals surface area contributed by atoms with Gasteiger partial charge < -0.3 is 5.32 Å². The molecule has 2 aromatic carbocycles. The van der Waals surface area contributed by atoms with Gasteiger partial charge in [-0.2, -0.15) is 0 Å². The standard InChI is InChI=1S/C15H16FN/c1-12(14-7-9-15(16)10-8-14)17-11-13-5-3-2-4-6-13/h2-10,12,17H,11H2,1H3. The quantitative estimate of drug-likeness (QED) is 0.843. The number of hydrogen-bond donors (Lipinski definition) is 1. The minimum Gasteiger partial charge on any atom is -0.306 e. The van der Waals surface area contributed by atoms with Crippen molar-refractivity contribution in [2.45, 2.75) is 19.5 Å². The largest absolute Gasteiger partial charge is 0.306 e. The summed E-state index contributed by atoms with van der Waals surface area (Å²) in [6.07, 6.45) is 0. The van der Waals surface area contributed by atoms with E-state index in [4.69, 9.17) is 0 Å². The predicted octanol–water partition coefficient (Wildman–Crippen LogP) is 3.68. The van der Waals surface area contributed by atoms with Gasteiger partial charge in [0.2, 0.25) is 0 Å². The van der Waals surface area contributed by atoms with E-state index in [1.54, 1.807) is 0 Å². The van der Waals surface area contributed by atoms with Crippen LogP contribution in [0.15, 0.2) is 54.6 Å². The zero-order chi connectivity index (χ0) is 12.1. The lowest BCUT2D eigenvalue weighted by molar-refractivity contribution is 0.571. The molecule has 0 radical (unpaired) electrons. The summed E-state index contributed by atoms with van der Waals surface area (Å²) in [6.45, 7) is 2.90. The minimum absolute atomic E-state index is 0.191. The second-order valence-corrected chi connectivity index (χ2v) is 4.14. The SMILES string of the molecule is CC(NCc1ccccc1)c1ccc(F)cc1. The first-order chi connectivity index (χ1) is 8.25. The molecular formula is C15H16FN. The van der Waals surface area contributed by atoms with Crippen molar-refractivity contribution in [2.75, 3.05) is 0 Å². The summed E-state index contributed by atoms with van der Waals surface area (Å²) in [5.74, 6) is -0.191. The molecule has 17 heavy (non-hydrogen) atoms. The number of hydrogen-bond acceptors (Lipinski definition) is 1. The highest BCUT2D eigenvalue weighted by atomic mass is 19.1. The second-order valence-electron chi connectivity index (χ2n) is 4.14. The lowest BCUT2D eigenvalue weighted by Gasteiger charge is -2.14. The molecule has 88 valence electrons. The topological polar surface area (TPSA) is 12.0 Å². The van der Waals surface area contributed by atoms with E-state index in [1.165, 1.54) is 17.7 Å². The first kappa shape index (κ1) is 11.8. The zero-order valence-electron chi connectivity index (χ0n) is 9.86. The third kappa shape index (κ3) is 3.40. The van der Waals surface area contributed by atoms with Gasteiger partial charge in [0.05, 0.1) is 0 Å². The van der Waals surface area contributed by atoms with Gasteiger partial charge in [-0.1, -0.05) is 42.5 Å². The molecule has 0 bridgehead atoms. The van der Waals surface area contributed by atoms with Gasteiger partial charge in [-0.25, -0.2) is 4.39 Å². The molecule has 0 saturated heterocycles. The normalized spacial score (nSPS) is 12.4. The fourth-order valence-corrected chi connectivity index (χ4v) is 1.74. The van der Waals surface area contributed by atoms with Gasteiger partial charge in [0.1, 0.15) is 5.82 Å². The smallest absolute Gasteiger partial charge is 0.123 e. The van der Waals surface area contributed by atoms with Crippen molar-refractivity contribution in [3.05, 3.63) is 71.5 Å². The first-order valence-corrected chi connectivity index (χ1v) is 5.78. The zero-order valence-corrected chi connectivity index (χ0v) is 9.86. The molecule has 0 aromatic heterocycles. The maximum absolute atomic E-state index is 12.8. The molecule has 1 unspecified atom stereocenters. The van der Waals surface area contributed by atoms with Crippen LogP contribution in [-0.2, 0) is 6.54 Å². The van der Waals surface area contributed by atoms with Crippen molar-refractivity contribution in [3.63, 3.8) is 0 Å². The molecule has 0 spiro atoms. The second kappa shape index (κ2) is 5.60. The summed E-state index contributed by atoms with van der Waals surface area (Å²) in [4.78, 5) is 0. The van der Waals surface area contributed by atoms with Crippen LogP contribution in [0.3, 0.4) is 0 Å². The van der Waals surface area contributed by atoms with Crippen molar-refractivity contribution in [3.8, 4) is 0 Å². The number of rotatable bonds is 4. The van der Waals surface area contributed by atoms with E-state index in [-0.39, 0.29) is 11.9 Å². The van der Waals surface area contributed by atoms with E-state index < -0.39 is 0 Å². The van der Waals surface area contributed by atoms with Gasteiger partial charge in [0, 0.05) is 12.6 Å². The summed E-state index contributed by atoms with van der Waals surface area (Å²) >= 11 is 0. The van der Waals surface area contributed by atoms with Crippen LogP contribution in [-0.4, -0.2) is 0 Å². The van der Waals surface area contributed by atoms with Crippen molar-refractivity contribution >= 4 is 0 Å². The molecule has 0 aliphatic carbocycles. The third-order valence-electron chi connectivity index (χ3n) is 2.83. The average molecular weight is 229 g/mol. The van der Waals surface area contributed by atoms with Crippen LogP contribution in [0.1, 0.15) is 24.1 Å². The molecule has 2 rings (SSSR count). The summed E-state index contributed by atoms with van der Waals surface area (Å²) < 4.78 is 12.8. The van der Waals surface area contributed by atoms with Crippen molar-refractivity contribution in [1.82, 2.24) is 5.32 Å². The molecule has 2 heteroatoms. The Morgan fingerprint density at radius 3 is 2.29 bits per heavy atom. The number of halogens is 1. The molecule has 0 fully saturated rings. The number of benzene rings is 2. The summed E-state index contributed by atoms with van der Waals surface area (Å²) in [7, 11) is 0. The van der Waals surface area contributed by atoms with E-state index in [1.807, 2.05) is 30.3 Å². The molecule has 1 atom stereocenters. The van der Waals surface area contributed by atoms with E-state index in [2.05, 4.69) is 24.4 Å². The van der Waals surface area contributed by atoms with Crippen LogP contribution in [0.2, 0.25) is 0 Å². The lowest BCUT2D eigenvalue weighted by atomic mass is 10.1. The molecule has 0 amide bonds. The average Bonchev–Trinajstić information content (AvgIpc) is 2.38. The Morgan fingerprint density at radius 2 is 1.65 bits per heavy atom. The monoisotopic (exact) mass is 229 g/mol. The van der Waals surface area contributed by atoms with Crippen LogP contribution in [0, 0.1) is 5.82 Å². The van der Waals surface area contributed by atoms with Crippen molar-refractivity contribution < 1.29 is 4.39 Å². The Bertz CT molecular complexity index is 450. The molecule has 2 aromatic rings. The van der Waals surface area contributed by atoms with Crippen LogP contribution < -0.4 is 5.32 Å². The summed E-state index contributed by atoms with van der Waals surface area (Å²) in [5.41, 5.74) is 2.35. The Labute approximate surface area is 101 Å². The molecule has 1 N–H and O–H groups in total. The maximum Gasteiger partial charge on any atom is 0.123 e. The first-order valence-electron chi connectivity index (χ1n) is 5.78. The maximum atomic E-state index is 12.8. The van der Waals surface area contributed by atoms with E-state index in [0.717, 1.165) is 12.1 Å². The molecule has 1 nitrogen and oxygen atoms in total. The predicted molar refractivity (Wildman–Crippen MR) is 68.1 cm³/mol. The Morgan fingerprint density at radius 1 is 1.00 bits per heavy atom. The van der Waals surface area contributed by atoms with Gasteiger partial charge in [-0.05, 0) is 30.2 Å². The van der Waals surface area contributed by atoms with Crippen LogP contribution in [0.5, 0.6) is 0 Å². The third-order valence-corrected chi connectivity index (χ3v) is 2.83. The minimum atomic E-state index is -0.191. The fourth-order valence-electron chi connectivity index (χ4n) is 1.74. The highest BCUT2D eigenvalue weighted by Gasteiger charge is 2.04. The van der Waals surface area contributed by atoms with Crippen molar-refractivity contribution in [1.29, 1.82) is 0 Å². The van der Waals surface area contributed by atoms with Gasteiger partial charge >= 0.3 is 0 Å². The molecule has 0 heterocycles. The van der Waals surface area contributed by atoms with Crippen LogP contribution >= 0.6 is 0 Å². The molecule has 0 aliphatic heterocycles. The van der Waals surface area contributed by atoms with Crippen molar-refractivity contribution in [2.24, 2.45) is 0 Å². The van der Waals surface area contributed by atoms with Gasteiger partial charge in [-0.15, -0.1) is 0 Å². The highest BCUT2D eigenvalue weighted by molar-refractivity contribution is 5.20. The van der Waals surface area contributed by atoms with Gasteiger partial charge in [0.15, 0.2) is 0 Å². The van der Waals surface area contributed by atoms with Gasteiger partial charge in [0.25, 0.3) is 0 Å². The molecular weight excluding hydrogens is 213 g/mol. The Hall–Kier alpha value is -1.67. The lowest BCUT2D eigenvalue weighted by Crippen LogP contribution is -2.17. The summed E-state index contributed by atoms with van der Waals surface area (Å²) in [5, 5.41) is 3.41. The Balaban J connectivity index is 1.93. The molecule has 0 saturated carbocycles. The van der Waals surface area contributed by atoms with E-state index >= 15 is 0 Å². The van der Waals surface area contributed by atoms with Crippen LogP contribution in [0.25, 0.3) is 0 Å². The van der Waals surface area contributed by atoms with Crippen LogP contribution in [0.4, 0.5) is 4.39 Å². The van der Waals surface area contributed by atoms with E-state index in [9.17, 15) is 4.39 Å².